The van der Waals surface area contributed by atoms with Gasteiger partial charge in [0.2, 0.25) is 0 Å². The van der Waals surface area contributed by atoms with Crippen LogP contribution in [0.1, 0.15) is 0 Å². The lowest BCUT2D eigenvalue weighted by atomic mass is 10.4. The standard InChI is InChI=1S/2C9H16O5/c2*10-1-7(12-5-9-6-14-9)2-11-3-8-4-13-8/h2*7-10H,1-6H2. The third-order valence-corrected chi connectivity index (χ3v) is 4.27. The average Bonchev–Trinajstić information content (AvgIpc) is 3.57. The molecule has 0 amide bonds. The molecule has 4 fully saturated rings. The van der Waals surface area contributed by atoms with Crippen molar-refractivity contribution in [3.05, 3.63) is 0 Å². The van der Waals surface area contributed by atoms with Crippen LogP contribution in [-0.4, -0.2) is 126 Å². The lowest BCUT2D eigenvalue weighted by Crippen LogP contribution is -2.26. The van der Waals surface area contributed by atoms with Crippen molar-refractivity contribution in [1.82, 2.24) is 0 Å². The Morgan fingerprint density at radius 3 is 1.21 bits per heavy atom. The van der Waals surface area contributed by atoms with E-state index in [9.17, 15) is 0 Å². The third kappa shape index (κ3) is 11.0. The van der Waals surface area contributed by atoms with Crippen molar-refractivity contribution in [2.45, 2.75) is 36.6 Å². The van der Waals surface area contributed by atoms with Gasteiger partial charge in [0.15, 0.2) is 0 Å². The van der Waals surface area contributed by atoms with Gasteiger partial charge in [-0.15, -0.1) is 0 Å². The molecule has 2 N–H and O–H groups in total. The molecule has 28 heavy (non-hydrogen) atoms. The van der Waals surface area contributed by atoms with E-state index < -0.39 is 0 Å². The van der Waals surface area contributed by atoms with Gasteiger partial charge in [0.25, 0.3) is 0 Å². The molecule has 4 heterocycles. The summed E-state index contributed by atoms with van der Waals surface area (Å²) in [5.41, 5.74) is 0. The number of epoxide rings is 4. The maximum absolute atomic E-state index is 8.96. The molecular formula is C18H32O10. The number of hydrogen-bond acceptors (Lipinski definition) is 10. The van der Waals surface area contributed by atoms with Gasteiger partial charge in [-0.2, -0.15) is 0 Å². The zero-order valence-corrected chi connectivity index (χ0v) is 16.1. The van der Waals surface area contributed by atoms with Gasteiger partial charge in [0.1, 0.15) is 36.6 Å². The Morgan fingerprint density at radius 1 is 0.607 bits per heavy atom. The van der Waals surface area contributed by atoms with Crippen molar-refractivity contribution in [2.24, 2.45) is 0 Å². The van der Waals surface area contributed by atoms with Crippen LogP contribution in [0, 0.1) is 0 Å². The Labute approximate surface area is 164 Å². The molecule has 0 radical (unpaired) electrons. The molecule has 10 heteroatoms. The van der Waals surface area contributed by atoms with Crippen molar-refractivity contribution in [3.63, 3.8) is 0 Å². The highest BCUT2D eigenvalue weighted by Crippen LogP contribution is 2.12. The SMILES string of the molecule is OCC(COCC1CO1)OCC1CO1.OCC(COCC1CO1)OCC1CO1. The van der Waals surface area contributed by atoms with Gasteiger partial charge in [0.05, 0.1) is 79.3 Å². The van der Waals surface area contributed by atoms with Crippen LogP contribution in [-0.2, 0) is 37.9 Å². The van der Waals surface area contributed by atoms with Crippen molar-refractivity contribution < 1.29 is 48.1 Å². The molecular weight excluding hydrogens is 376 g/mol. The molecule has 6 unspecified atom stereocenters. The van der Waals surface area contributed by atoms with Gasteiger partial charge in [-0.1, -0.05) is 0 Å². The number of aliphatic hydroxyl groups is 2. The van der Waals surface area contributed by atoms with Crippen LogP contribution in [0.3, 0.4) is 0 Å². The van der Waals surface area contributed by atoms with Crippen LogP contribution >= 0.6 is 0 Å². The molecule has 0 saturated carbocycles. The van der Waals surface area contributed by atoms with Crippen LogP contribution in [0.2, 0.25) is 0 Å². The fourth-order valence-corrected chi connectivity index (χ4v) is 2.11. The predicted octanol–water partition coefficient (Wildman–Crippen LogP) is -1.64. The maximum atomic E-state index is 8.96. The lowest BCUT2D eigenvalue weighted by molar-refractivity contribution is -0.0481. The summed E-state index contributed by atoms with van der Waals surface area (Å²) >= 11 is 0. The molecule has 10 nitrogen and oxygen atoms in total. The normalized spacial score (nSPS) is 31.5. The Morgan fingerprint density at radius 2 is 0.929 bits per heavy atom. The first-order valence-corrected chi connectivity index (χ1v) is 9.83. The van der Waals surface area contributed by atoms with Crippen LogP contribution < -0.4 is 0 Å². The largest absolute Gasteiger partial charge is 0.394 e. The van der Waals surface area contributed by atoms with E-state index in [1.807, 2.05) is 0 Å². The summed E-state index contributed by atoms with van der Waals surface area (Å²) in [6, 6.07) is 0. The first-order chi connectivity index (χ1) is 13.8. The molecule has 4 saturated heterocycles. The summed E-state index contributed by atoms with van der Waals surface area (Å²) in [6.07, 6.45) is 0.518. The van der Waals surface area contributed by atoms with Crippen LogP contribution in [0.4, 0.5) is 0 Å². The first kappa shape index (κ1) is 22.3. The van der Waals surface area contributed by atoms with E-state index in [0.717, 1.165) is 26.4 Å². The summed E-state index contributed by atoms with van der Waals surface area (Å²) in [4.78, 5) is 0. The molecule has 0 spiro atoms. The molecule has 164 valence electrons. The van der Waals surface area contributed by atoms with E-state index in [4.69, 9.17) is 48.1 Å². The van der Waals surface area contributed by atoms with Crippen molar-refractivity contribution in [2.75, 3.05) is 79.3 Å². The summed E-state index contributed by atoms with van der Waals surface area (Å²) < 4.78 is 41.3. The predicted molar refractivity (Wildman–Crippen MR) is 94.2 cm³/mol. The molecule has 0 aromatic carbocycles. The Bertz CT molecular complexity index is 371. The van der Waals surface area contributed by atoms with Crippen LogP contribution in [0.5, 0.6) is 0 Å². The van der Waals surface area contributed by atoms with E-state index in [1.54, 1.807) is 0 Å². The first-order valence-electron chi connectivity index (χ1n) is 9.83. The monoisotopic (exact) mass is 408 g/mol. The molecule has 4 rings (SSSR count). The summed E-state index contributed by atoms with van der Waals surface area (Å²) in [5.74, 6) is 0. The minimum Gasteiger partial charge on any atom is -0.394 e. The Kier molecular flexibility index (Phi) is 9.82. The van der Waals surface area contributed by atoms with Crippen molar-refractivity contribution in [3.8, 4) is 0 Å². The minimum absolute atomic E-state index is 0.0156. The summed E-state index contributed by atoms with van der Waals surface area (Å²) in [6.45, 7) is 6.23. The van der Waals surface area contributed by atoms with Gasteiger partial charge in [-0.05, 0) is 0 Å². The fraction of sp³-hybridized carbons (Fsp3) is 1.00. The van der Waals surface area contributed by atoms with Gasteiger partial charge in [-0.25, -0.2) is 0 Å². The number of rotatable bonds is 16. The highest BCUT2D eigenvalue weighted by Gasteiger charge is 2.26. The third-order valence-electron chi connectivity index (χ3n) is 4.27. The molecule has 0 aromatic heterocycles. The summed E-state index contributed by atoms with van der Waals surface area (Å²) in [7, 11) is 0. The zero-order chi connectivity index (χ0) is 19.6. The highest BCUT2D eigenvalue weighted by atomic mass is 16.6. The zero-order valence-electron chi connectivity index (χ0n) is 16.1. The van der Waals surface area contributed by atoms with Crippen molar-refractivity contribution in [1.29, 1.82) is 0 Å². The fourth-order valence-electron chi connectivity index (χ4n) is 2.11. The second kappa shape index (κ2) is 12.3. The number of ether oxygens (including phenoxy) is 8. The van der Waals surface area contributed by atoms with Gasteiger partial charge in [0, 0.05) is 0 Å². The van der Waals surface area contributed by atoms with Gasteiger partial charge in [-0.3, -0.25) is 0 Å². The maximum Gasteiger partial charge on any atom is 0.104 e. The Balaban J connectivity index is 0.000000161. The lowest BCUT2D eigenvalue weighted by Gasteiger charge is -2.14. The van der Waals surface area contributed by atoms with Gasteiger partial charge < -0.3 is 48.1 Å². The average molecular weight is 408 g/mol. The molecule has 0 aromatic rings. The summed E-state index contributed by atoms with van der Waals surface area (Å²) in [5, 5.41) is 17.9. The second-order valence-corrected chi connectivity index (χ2v) is 7.17. The topological polar surface area (TPSA) is 128 Å². The van der Waals surface area contributed by atoms with E-state index >= 15 is 0 Å². The van der Waals surface area contributed by atoms with Crippen molar-refractivity contribution >= 4 is 0 Å². The molecule has 4 aliphatic heterocycles. The van der Waals surface area contributed by atoms with E-state index in [-0.39, 0.29) is 49.8 Å². The highest BCUT2D eigenvalue weighted by molar-refractivity contribution is 4.71. The number of hydrogen-bond donors (Lipinski definition) is 2. The molecule has 4 aliphatic rings. The quantitative estimate of drug-likeness (QED) is 0.287. The molecule has 6 atom stereocenters. The van der Waals surface area contributed by atoms with Crippen LogP contribution in [0.25, 0.3) is 0 Å². The molecule has 0 bridgehead atoms. The minimum atomic E-state index is -0.238. The van der Waals surface area contributed by atoms with E-state index in [1.165, 1.54) is 0 Å². The number of aliphatic hydroxyl groups excluding tert-OH is 2. The van der Waals surface area contributed by atoms with Crippen LogP contribution in [0.15, 0.2) is 0 Å². The smallest absolute Gasteiger partial charge is 0.104 e. The van der Waals surface area contributed by atoms with E-state index in [0.29, 0.717) is 39.6 Å². The molecule has 0 aliphatic carbocycles. The Hall–Kier alpha value is -0.400. The van der Waals surface area contributed by atoms with Gasteiger partial charge >= 0.3 is 0 Å². The second-order valence-electron chi connectivity index (χ2n) is 7.17. The van der Waals surface area contributed by atoms with E-state index in [2.05, 4.69) is 0 Å².